The zero-order chi connectivity index (χ0) is 11.1. The lowest BCUT2D eigenvalue weighted by Gasteiger charge is -2.12. The molecule has 0 spiro atoms. The Bertz CT molecular complexity index is 467. The Kier molecular flexibility index (Phi) is 2.67. The summed E-state index contributed by atoms with van der Waals surface area (Å²) >= 11 is 8.99. The standard InChI is InChI=1S/C10H6BrClFNO/c11-6-1-2-7(12)8(9(6)13)10(3-4-10)14-5-15/h1-2H,3-4H2. The molecule has 2 nitrogen and oxygen atoms in total. The molecule has 0 radical (unpaired) electrons. The molecule has 2 rings (SSSR count). The minimum absolute atomic E-state index is 0.293. The summed E-state index contributed by atoms with van der Waals surface area (Å²) in [5, 5.41) is 0.298. The first-order chi connectivity index (χ1) is 7.10. The lowest BCUT2D eigenvalue weighted by atomic mass is 10.1. The molecule has 0 bridgehead atoms. The van der Waals surface area contributed by atoms with Gasteiger partial charge in [-0.25, -0.2) is 9.18 Å². The molecule has 1 fully saturated rings. The van der Waals surface area contributed by atoms with E-state index in [0.29, 0.717) is 27.9 Å². The molecule has 1 aromatic rings. The van der Waals surface area contributed by atoms with Crippen LogP contribution in [0.4, 0.5) is 4.39 Å². The van der Waals surface area contributed by atoms with Crippen LogP contribution in [0.25, 0.3) is 0 Å². The molecule has 1 aromatic carbocycles. The van der Waals surface area contributed by atoms with Crippen LogP contribution in [-0.2, 0) is 10.3 Å². The molecule has 0 aliphatic heterocycles. The van der Waals surface area contributed by atoms with Crippen LogP contribution in [0.5, 0.6) is 0 Å². The molecule has 5 heteroatoms. The summed E-state index contributed by atoms with van der Waals surface area (Å²) in [4.78, 5) is 13.9. The van der Waals surface area contributed by atoms with E-state index in [1.165, 1.54) is 12.1 Å². The maximum Gasteiger partial charge on any atom is 0.235 e. The Morgan fingerprint density at radius 3 is 2.73 bits per heavy atom. The Hall–Kier alpha value is -0.700. The molecule has 0 unspecified atom stereocenters. The zero-order valence-electron chi connectivity index (χ0n) is 7.56. The molecule has 1 aliphatic carbocycles. The van der Waals surface area contributed by atoms with E-state index >= 15 is 0 Å². The molecule has 15 heavy (non-hydrogen) atoms. The van der Waals surface area contributed by atoms with E-state index in [9.17, 15) is 9.18 Å². The fraction of sp³-hybridized carbons (Fsp3) is 0.300. The van der Waals surface area contributed by atoms with Crippen molar-refractivity contribution >= 4 is 33.6 Å². The second kappa shape index (κ2) is 3.71. The van der Waals surface area contributed by atoms with Crippen LogP contribution in [0.3, 0.4) is 0 Å². The van der Waals surface area contributed by atoms with Gasteiger partial charge >= 0.3 is 0 Å². The van der Waals surface area contributed by atoms with Crippen molar-refractivity contribution in [3.63, 3.8) is 0 Å². The normalized spacial score (nSPS) is 17.0. The third-order valence-corrected chi connectivity index (χ3v) is 3.42. The van der Waals surface area contributed by atoms with Gasteiger partial charge in [0.2, 0.25) is 6.08 Å². The number of carbonyl (C=O) groups excluding carboxylic acids is 1. The third kappa shape index (κ3) is 1.73. The fourth-order valence-electron chi connectivity index (χ4n) is 1.58. The summed E-state index contributed by atoms with van der Waals surface area (Å²) in [6.45, 7) is 0. The van der Waals surface area contributed by atoms with E-state index in [-0.39, 0.29) is 0 Å². The van der Waals surface area contributed by atoms with Crippen LogP contribution in [0.2, 0.25) is 5.02 Å². The van der Waals surface area contributed by atoms with Gasteiger partial charge in [0.15, 0.2) is 0 Å². The van der Waals surface area contributed by atoms with Gasteiger partial charge in [-0.2, -0.15) is 4.99 Å². The van der Waals surface area contributed by atoms with Gasteiger partial charge in [-0.1, -0.05) is 11.6 Å². The Labute approximate surface area is 99.3 Å². The number of hydrogen-bond donors (Lipinski definition) is 0. The number of rotatable bonds is 2. The van der Waals surface area contributed by atoms with Gasteiger partial charge in [-0.05, 0) is 40.9 Å². The van der Waals surface area contributed by atoms with Crippen LogP contribution in [-0.4, -0.2) is 6.08 Å². The van der Waals surface area contributed by atoms with Gasteiger partial charge in [0.05, 0.1) is 4.47 Å². The average Bonchev–Trinajstić information content (AvgIpc) is 2.94. The average molecular weight is 291 g/mol. The molecule has 0 amide bonds. The quantitative estimate of drug-likeness (QED) is 0.465. The minimum Gasteiger partial charge on any atom is -0.211 e. The zero-order valence-corrected chi connectivity index (χ0v) is 9.90. The third-order valence-electron chi connectivity index (χ3n) is 2.49. The van der Waals surface area contributed by atoms with Crippen LogP contribution in [0.15, 0.2) is 21.6 Å². The van der Waals surface area contributed by atoms with Crippen molar-refractivity contribution < 1.29 is 9.18 Å². The van der Waals surface area contributed by atoms with Gasteiger partial charge in [-0.15, -0.1) is 0 Å². The Morgan fingerprint density at radius 2 is 2.20 bits per heavy atom. The van der Waals surface area contributed by atoms with E-state index in [1.54, 1.807) is 6.07 Å². The molecule has 0 N–H and O–H groups in total. The maximum absolute atomic E-state index is 13.8. The molecular weight excluding hydrogens is 284 g/mol. The van der Waals surface area contributed by atoms with Crippen molar-refractivity contribution in [3.8, 4) is 0 Å². The number of halogens is 3. The van der Waals surface area contributed by atoms with Gasteiger partial charge in [0.25, 0.3) is 0 Å². The second-order valence-corrected chi connectivity index (χ2v) is 4.71. The summed E-state index contributed by atoms with van der Waals surface area (Å²) < 4.78 is 14.1. The van der Waals surface area contributed by atoms with Crippen molar-refractivity contribution in [2.24, 2.45) is 4.99 Å². The van der Waals surface area contributed by atoms with Crippen molar-refractivity contribution in [1.29, 1.82) is 0 Å². The molecular formula is C10H6BrClFNO. The summed E-state index contributed by atoms with van der Waals surface area (Å²) in [5.41, 5.74) is -0.478. The lowest BCUT2D eigenvalue weighted by Crippen LogP contribution is -2.07. The SMILES string of the molecule is O=C=NC1(c2c(Cl)ccc(Br)c2F)CC1. The van der Waals surface area contributed by atoms with Crippen LogP contribution >= 0.6 is 27.5 Å². The summed E-state index contributed by atoms with van der Waals surface area (Å²) in [6, 6.07) is 3.12. The van der Waals surface area contributed by atoms with Crippen molar-refractivity contribution in [2.75, 3.05) is 0 Å². The topological polar surface area (TPSA) is 29.4 Å². The highest BCUT2D eigenvalue weighted by molar-refractivity contribution is 9.10. The fourth-order valence-corrected chi connectivity index (χ4v) is 2.23. The number of isocyanates is 1. The van der Waals surface area contributed by atoms with E-state index in [4.69, 9.17) is 11.6 Å². The van der Waals surface area contributed by atoms with Crippen LogP contribution < -0.4 is 0 Å². The predicted molar refractivity (Wildman–Crippen MR) is 58.1 cm³/mol. The van der Waals surface area contributed by atoms with Gasteiger partial charge in [0, 0.05) is 10.6 Å². The predicted octanol–water partition coefficient (Wildman–Crippen LogP) is 3.57. The number of nitrogens with zero attached hydrogens (tertiary/aromatic N) is 1. The smallest absolute Gasteiger partial charge is 0.211 e. The minimum atomic E-state index is -0.771. The molecule has 1 saturated carbocycles. The monoisotopic (exact) mass is 289 g/mol. The highest BCUT2D eigenvalue weighted by atomic mass is 79.9. The van der Waals surface area contributed by atoms with Gasteiger partial charge in [0.1, 0.15) is 11.4 Å². The molecule has 0 saturated heterocycles. The van der Waals surface area contributed by atoms with Crippen molar-refractivity contribution in [1.82, 2.24) is 0 Å². The molecule has 0 heterocycles. The molecule has 0 aromatic heterocycles. The van der Waals surface area contributed by atoms with E-state index in [0.717, 1.165) is 0 Å². The Morgan fingerprint density at radius 1 is 1.53 bits per heavy atom. The molecule has 78 valence electrons. The summed E-state index contributed by atoms with van der Waals surface area (Å²) in [6.07, 6.45) is 2.75. The first-order valence-electron chi connectivity index (χ1n) is 4.34. The molecule has 1 aliphatic rings. The molecule has 0 atom stereocenters. The van der Waals surface area contributed by atoms with E-state index in [2.05, 4.69) is 20.9 Å². The van der Waals surface area contributed by atoms with Gasteiger partial charge in [-0.3, -0.25) is 0 Å². The highest BCUT2D eigenvalue weighted by Gasteiger charge is 2.48. The number of hydrogen-bond acceptors (Lipinski definition) is 2. The number of benzene rings is 1. The summed E-state index contributed by atoms with van der Waals surface area (Å²) in [5.74, 6) is -0.445. The largest absolute Gasteiger partial charge is 0.235 e. The second-order valence-electron chi connectivity index (χ2n) is 3.45. The van der Waals surface area contributed by atoms with Crippen molar-refractivity contribution in [2.45, 2.75) is 18.4 Å². The summed E-state index contributed by atoms with van der Waals surface area (Å²) in [7, 11) is 0. The maximum atomic E-state index is 13.8. The van der Waals surface area contributed by atoms with Crippen molar-refractivity contribution in [3.05, 3.63) is 33.0 Å². The first kappa shape index (κ1) is 10.8. The van der Waals surface area contributed by atoms with Gasteiger partial charge < -0.3 is 0 Å². The van der Waals surface area contributed by atoms with E-state index < -0.39 is 11.4 Å². The van der Waals surface area contributed by atoms with Crippen LogP contribution in [0.1, 0.15) is 18.4 Å². The van der Waals surface area contributed by atoms with E-state index in [1.807, 2.05) is 0 Å². The lowest BCUT2D eigenvalue weighted by molar-refractivity contribution is 0.546. The van der Waals surface area contributed by atoms with Crippen LogP contribution in [0, 0.1) is 5.82 Å². The first-order valence-corrected chi connectivity index (χ1v) is 5.51. The Balaban J connectivity index is 2.62. The number of aliphatic imine (C=N–C) groups is 1. The highest BCUT2D eigenvalue weighted by Crippen LogP contribution is 2.53.